The lowest BCUT2D eigenvalue weighted by Crippen LogP contribution is -2.43. The third kappa shape index (κ3) is 4.02. The van der Waals surface area contributed by atoms with Crippen molar-refractivity contribution < 1.29 is 17.6 Å². The van der Waals surface area contributed by atoms with Gasteiger partial charge in [0, 0.05) is 31.2 Å². The van der Waals surface area contributed by atoms with E-state index in [1.807, 2.05) is 0 Å². The normalized spacial score (nSPS) is 18.7. The van der Waals surface area contributed by atoms with Crippen LogP contribution in [0.25, 0.3) is 0 Å². The fraction of sp³-hybridized carbons (Fsp3) is 0.294. The first-order valence-corrected chi connectivity index (χ1v) is 9.37. The molecular formula is C17H18FN3O3S. The van der Waals surface area contributed by atoms with Crippen molar-refractivity contribution in [3.8, 4) is 0 Å². The highest BCUT2D eigenvalue weighted by Gasteiger charge is 2.33. The average molecular weight is 363 g/mol. The van der Waals surface area contributed by atoms with Crippen molar-refractivity contribution in [3.05, 3.63) is 54.6 Å². The van der Waals surface area contributed by atoms with Crippen LogP contribution in [-0.4, -0.2) is 36.7 Å². The standard InChI is InChI=1S/C17H18FN3O3S/c18-14-5-1-6-15(10-14)20-17(22)13-4-3-9-21(12-13)25(23,24)16-7-2-8-19-11-16/h1-2,5-8,10-11,13H,3-4,9,12H2,(H,20,22)/t13-/m0/s1. The molecule has 0 bridgehead atoms. The lowest BCUT2D eigenvalue weighted by molar-refractivity contribution is -0.120. The smallest absolute Gasteiger partial charge is 0.244 e. The summed E-state index contributed by atoms with van der Waals surface area (Å²) >= 11 is 0. The van der Waals surface area contributed by atoms with E-state index in [2.05, 4.69) is 10.3 Å². The highest BCUT2D eigenvalue weighted by atomic mass is 32.2. The van der Waals surface area contributed by atoms with Gasteiger partial charge in [-0.25, -0.2) is 12.8 Å². The molecule has 2 aromatic rings. The van der Waals surface area contributed by atoms with Crippen molar-refractivity contribution in [2.45, 2.75) is 17.7 Å². The van der Waals surface area contributed by atoms with Crippen molar-refractivity contribution in [2.24, 2.45) is 5.92 Å². The highest BCUT2D eigenvalue weighted by Crippen LogP contribution is 2.24. The number of aromatic nitrogens is 1. The fourth-order valence-electron chi connectivity index (χ4n) is 2.83. The van der Waals surface area contributed by atoms with E-state index in [1.165, 1.54) is 41.0 Å². The maximum Gasteiger partial charge on any atom is 0.244 e. The predicted molar refractivity (Wildman–Crippen MR) is 90.7 cm³/mol. The van der Waals surface area contributed by atoms with Gasteiger partial charge < -0.3 is 5.32 Å². The molecule has 1 aliphatic heterocycles. The number of carbonyl (C=O) groups is 1. The Labute approximate surface area is 145 Å². The van der Waals surface area contributed by atoms with Crippen molar-refractivity contribution in [1.29, 1.82) is 0 Å². The quantitative estimate of drug-likeness (QED) is 0.904. The highest BCUT2D eigenvalue weighted by molar-refractivity contribution is 7.89. The summed E-state index contributed by atoms with van der Waals surface area (Å²) in [6.45, 7) is 0.458. The Morgan fingerprint density at radius 2 is 2.12 bits per heavy atom. The number of hydrogen-bond donors (Lipinski definition) is 1. The van der Waals surface area contributed by atoms with E-state index in [0.717, 1.165) is 0 Å². The first-order valence-electron chi connectivity index (χ1n) is 7.93. The molecule has 3 rings (SSSR count). The van der Waals surface area contributed by atoms with Gasteiger partial charge in [0.05, 0.1) is 5.92 Å². The Morgan fingerprint density at radius 3 is 2.84 bits per heavy atom. The molecule has 1 fully saturated rings. The maximum absolute atomic E-state index is 13.2. The Bertz CT molecular complexity index is 858. The lowest BCUT2D eigenvalue weighted by Gasteiger charge is -2.31. The molecule has 0 spiro atoms. The molecule has 0 radical (unpaired) electrons. The zero-order valence-corrected chi connectivity index (χ0v) is 14.2. The Kier molecular flexibility index (Phi) is 5.10. The molecule has 0 unspecified atom stereocenters. The van der Waals surface area contributed by atoms with E-state index in [1.54, 1.807) is 12.1 Å². The first-order chi connectivity index (χ1) is 12.0. The topological polar surface area (TPSA) is 79.4 Å². The van der Waals surface area contributed by atoms with Gasteiger partial charge in [0.1, 0.15) is 10.7 Å². The number of benzene rings is 1. The summed E-state index contributed by atoms with van der Waals surface area (Å²) < 4.78 is 39.9. The number of anilines is 1. The molecular weight excluding hydrogens is 345 g/mol. The summed E-state index contributed by atoms with van der Waals surface area (Å²) in [7, 11) is -3.68. The molecule has 8 heteroatoms. The molecule has 1 aromatic heterocycles. The van der Waals surface area contributed by atoms with Gasteiger partial charge in [-0.2, -0.15) is 4.31 Å². The minimum absolute atomic E-state index is 0.0956. The molecule has 1 aliphatic rings. The minimum Gasteiger partial charge on any atom is -0.326 e. The molecule has 1 aromatic carbocycles. The number of nitrogens with zero attached hydrogens (tertiary/aromatic N) is 2. The van der Waals surface area contributed by atoms with Crippen LogP contribution in [0.3, 0.4) is 0 Å². The summed E-state index contributed by atoms with van der Waals surface area (Å²) in [4.78, 5) is 16.4. The van der Waals surface area contributed by atoms with Crippen LogP contribution in [0.2, 0.25) is 0 Å². The molecule has 132 valence electrons. The summed E-state index contributed by atoms with van der Waals surface area (Å²) in [6, 6.07) is 8.66. The van der Waals surface area contributed by atoms with Crippen LogP contribution in [0.1, 0.15) is 12.8 Å². The molecule has 1 N–H and O–H groups in total. The van der Waals surface area contributed by atoms with Gasteiger partial charge in [-0.1, -0.05) is 6.07 Å². The van der Waals surface area contributed by atoms with E-state index in [-0.39, 0.29) is 17.3 Å². The number of sulfonamides is 1. The number of hydrogen-bond acceptors (Lipinski definition) is 4. The molecule has 1 saturated heterocycles. The van der Waals surface area contributed by atoms with E-state index >= 15 is 0 Å². The Hall–Kier alpha value is -2.32. The number of carbonyl (C=O) groups excluding carboxylic acids is 1. The van der Waals surface area contributed by atoms with Gasteiger partial charge >= 0.3 is 0 Å². The molecule has 1 atom stereocenters. The molecule has 2 heterocycles. The lowest BCUT2D eigenvalue weighted by atomic mass is 9.99. The Balaban J connectivity index is 1.71. The maximum atomic E-state index is 13.2. The van der Waals surface area contributed by atoms with Gasteiger partial charge in [-0.05, 0) is 43.2 Å². The van der Waals surface area contributed by atoms with Crippen molar-refractivity contribution in [1.82, 2.24) is 9.29 Å². The zero-order chi connectivity index (χ0) is 17.9. The molecule has 0 aliphatic carbocycles. The number of nitrogens with one attached hydrogen (secondary N) is 1. The predicted octanol–water partition coefficient (Wildman–Crippen LogP) is 2.26. The summed E-state index contributed by atoms with van der Waals surface area (Å²) in [5.74, 6) is -1.23. The van der Waals surface area contributed by atoms with Crippen molar-refractivity contribution in [3.63, 3.8) is 0 Å². The van der Waals surface area contributed by atoms with E-state index in [9.17, 15) is 17.6 Å². The second kappa shape index (κ2) is 7.28. The van der Waals surface area contributed by atoms with Gasteiger partial charge in [0.25, 0.3) is 0 Å². The minimum atomic E-state index is -3.68. The van der Waals surface area contributed by atoms with Crippen LogP contribution in [0.15, 0.2) is 53.7 Å². The van der Waals surface area contributed by atoms with Crippen molar-refractivity contribution >= 4 is 21.6 Å². The van der Waals surface area contributed by atoms with Gasteiger partial charge in [-0.3, -0.25) is 9.78 Å². The van der Waals surface area contributed by atoms with E-state index in [0.29, 0.717) is 25.1 Å². The summed E-state index contributed by atoms with van der Waals surface area (Å²) in [5.41, 5.74) is 0.359. The summed E-state index contributed by atoms with van der Waals surface area (Å²) in [6.07, 6.45) is 3.97. The average Bonchev–Trinajstić information content (AvgIpc) is 2.62. The molecule has 25 heavy (non-hydrogen) atoms. The number of pyridine rings is 1. The number of amides is 1. The number of rotatable bonds is 4. The zero-order valence-electron chi connectivity index (χ0n) is 13.4. The SMILES string of the molecule is O=C(Nc1cccc(F)c1)[C@H]1CCCN(S(=O)(=O)c2cccnc2)C1. The van der Waals surface area contributed by atoms with Crippen LogP contribution in [-0.2, 0) is 14.8 Å². The Morgan fingerprint density at radius 1 is 1.28 bits per heavy atom. The monoisotopic (exact) mass is 363 g/mol. The van der Waals surface area contributed by atoms with Gasteiger partial charge in [0.15, 0.2) is 0 Å². The van der Waals surface area contributed by atoms with E-state index in [4.69, 9.17) is 0 Å². The molecule has 6 nitrogen and oxygen atoms in total. The molecule has 0 saturated carbocycles. The van der Waals surface area contributed by atoms with E-state index < -0.39 is 21.8 Å². The molecule has 1 amide bonds. The van der Waals surface area contributed by atoms with Crippen molar-refractivity contribution in [2.75, 3.05) is 18.4 Å². The van der Waals surface area contributed by atoms with Crippen LogP contribution < -0.4 is 5.32 Å². The second-order valence-electron chi connectivity index (χ2n) is 5.89. The fourth-order valence-corrected chi connectivity index (χ4v) is 4.32. The largest absolute Gasteiger partial charge is 0.326 e. The van der Waals surface area contributed by atoms with Crippen LogP contribution in [0.5, 0.6) is 0 Å². The first kappa shape index (κ1) is 17.5. The third-order valence-electron chi connectivity index (χ3n) is 4.12. The van der Waals surface area contributed by atoms with Crippen LogP contribution >= 0.6 is 0 Å². The van der Waals surface area contributed by atoms with Crippen LogP contribution in [0.4, 0.5) is 10.1 Å². The second-order valence-corrected chi connectivity index (χ2v) is 7.83. The van der Waals surface area contributed by atoms with Gasteiger partial charge in [0.2, 0.25) is 15.9 Å². The number of piperidine rings is 1. The third-order valence-corrected chi connectivity index (χ3v) is 5.97. The van der Waals surface area contributed by atoms with Gasteiger partial charge in [-0.15, -0.1) is 0 Å². The summed E-state index contributed by atoms with van der Waals surface area (Å²) in [5, 5.41) is 2.65. The van der Waals surface area contributed by atoms with Crippen LogP contribution in [0, 0.1) is 11.7 Å². The number of halogens is 1.